The van der Waals surface area contributed by atoms with Crippen LogP contribution in [-0.4, -0.2) is 12.1 Å². The molecule has 34 heavy (non-hydrogen) atoms. The predicted octanol–water partition coefficient (Wildman–Crippen LogP) is 8.60. The normalized spacial score (nSPS) is 54.2. The molecule has 5 saturated carbocycles. The fourth-order valence-corrected chi connectivity index (χ4v) is 11.8. The zero-order valence-electron chi connectivity index (χ0n) is 23.6. The lowest BCUT2D eigenvalue weighted by Crippen LogP contribution is -2.67. The fourth-order valence-electron chi connectivity index (χ4n) is 11.8. The van der Waals surface area contributed by atoms with Gasteiger partial charge in [0.2, 0.25) is 0 Å². The molecule has 2 heteroatoms. The summed E-state index contributed by atoms with van der Waals surface area (Å²) in [6.07, 6.45) is 13.2. The number of hydrogen-bond donors (Lipinski definition) is 0. The first-order valence-corrected chi connectivity index (χ1v) is 14.6. The van der Waals surface area contributed by atoms with Crippen LogP contribution in [0.4, 0.5) is 0 Å². The van der Waals surface area contributed by atoms with Crippen LogP contribution in [0, 0.1) is 56.7 Å². The molecule has 0 bridgehead atoms. The Balaban J connectivity index is 1.50. The van der Waals surface area contributed by atoms with Crippen LogP contribution < -0.4 is 0 Å². The van der Waals surface area contributed by atoms with E-state index >= 15 is 0 Å². The van der Waals surface area contributed by atoms with Gasteiger partial charge in [0.25, 0.3) is 0 Å². The standard InChI is InChI=1S/C32H52O2/c1-20-12-15-29(6)18-19-31(8)23(27(29)21(20)2)10-11-25-30(7)16-14-26(34-22(3)33)28(4,5)24(30)13-17-32(25,31)9/h21,23-27H,1,10-19H2,2-9H3/t21?,23-,24?,25?,26+,27?,29-,30+,31?,32-/m1/s1. The molecule has 5 aliphatic carbocycles. The van der Waals surface area contributed by atoms with Gasteiger partial charge in [-0.05, 0) is 115 Å². The molecule has 5 aliphatic rings. The van der Waals surface area contributed by atoms with E-state index in [1.54, 1.807) is 6.92 Å². The SMILES string of the molecule is C=C1CC[C@]2(C)CCC3(C)[C@H](CCC4[C@@]5(C)CC[C@H](OC(C)=O)C(C)(C)C5CC[C@]43C)C2C1C. The molecule has 0 aromatic rings. The van der Waals surface area contributed by atoms with Gasteiger partial charge in [0.1, 0.15) is 6.10 Å². The van der Waals surface area contributed by atoms with Crippen LogP contribution in [0.2, 0.25) is 0 Å². The summed E-state index contributed by atoms with van der Waals surface area (Å²) in [4.78, 5) is 11.9. The van der Waals surface area contributed by atoms with E-state index in [0.717, 1.165) is 24.2 Å². The maximum absolute atomic E-state index is 11.9. The van der Waals surface area contributed by atoms with Gasteiger partial charge in [-0.3, -0.25) is 4.79 Å². The van der Waals surface area contributed by atoms with Gasteiger partial charge in [-0.15, -0.1) is 0 Å². The summed E-state index contributed by atoms with van der Waals surface area (Å²) in [5, 5.41) is 0. The molecule has 0 amide bonds. The van der Waals surface area contributed by atoms with Crippen LogP contribution in [0.25, 0.3) is 0 Å². The van der Waals surface area contributed by atoms with E-state index in [9.17, 15) is 4.79 Å². The molecular weight excluding hydrogens is 416 g/mol. The molecule has 10 atom stereocenters. The van der Waals surface area contributed by atoms with E-state index in [-0.39, 0.29) is 17.5 Å². The number of carbonyl (C=O) groups excluding carboxylic acids is 1. The molecule has 5 unspecified atom stereocenters. The molecule has 0 aromatic carbocycles. The lowest BCUT2D eigenvalue weighted by Gasteiger charge is -2.73. The summed E-state index contributed by atoms with van der Waals surface area (Å²) in [6, 6.07) is 0. The highest BCUT2D eigenvalue weighted by Gasteiger charge is 2.70. The minimum absolute atomic E-state index is 0.0541. The summed E-state index contributed by atoms with van der Waals surface area (Å²) < 4.78 is 5.91. The molecule has 0 aliphatic heterocycles. The first-order chi connectivity index (χ1) is 15.7. The molecule has 0 saturated heterocycles. The largest absolute Gasteiger partial charge is 0.462 e. The Morgan fingerprint density at radius 1 is 0.853 bits per heavy atom. The van der Waals surface area contributed by atoms with Crippen molar-refractivity contribution in [2.75, 3.05) is 0 Å². The average Bonchev–Trinajstić information content (AvgIpc) is 2.74. The number of allylic oxidation sites excluding steroid dienone is 1. The van der Waals surface area contributed by atoms with Crippen LogP contribution >= 0.6 is 0 Å². The molecule has 0 radical (unpaired) electrons. The number of rotatable bonds is 1. The first kappa shape index (κ1) is 24.9. The lowest BCUT2D eigenvalue weighted by molar-refractivity contribution is -0.253. The lowest BCUT2D eigenvalue weighted by atomic mass is 9.31. The number of esters is 1. The van der Waals surface area contributed by atoms with Crippen molar-refractivity contribution in [1.29, 1.82) is 0 Å². The summed E-state index contributed by atoms with van der Waals surface area (Å²) in [5.74, 6) is 3.64. The third kappa shape index (κ3) is 3.08. The molecule has 0 aromatic heterocycles. The molecular formula is C32H52O2. The maximum atomic E-state index is 11.9. The zero-order valence-corrected chi connectivity index (χ0v) is 23.6. The minimum Gasteiger partial charge on any atom is -0.462 e. The van der Waals surface area contributed by atoms with Crippen molar-refractivity contribution in [2.45, 2.75) is 126 Å². The zero-order chi connectivity index (χ0) is 24.9. The van der Waals surface area contributed by atoms with E-state index in [4.69, 9.17) is 4.74 Å². The first-order valence-electron chi connectivity index (χ1n) is 14.6. The van der Waals surface area contributed by atoms with E-state index in [1.807, 2.05) is 0 Å². The van der Waals surface area contributed by atoms with E-state index in [0.29, 0.717) is 33.5 Å². The molecule has 5 fully saturated rings. The van der Waals surface area contributed by atoms with E-state index in [1.165, 1.54) is 63.4 Å². The van der Waals surface area contributed by atoms with Crippen molar-refractivity contribution in [3.8, 4) is 0 Å². The highest BCUT2D eigenvalue weighted by atomic mass is 16.5. The van der Waals surface area contributed by atoms with E-state index in [2.05, 4.69) is 55.0 Å². The minimum atomic E-state index is -0.108. The van der Waals surface area contributed by atoms with Crippen molar-refractivity contribution in [2.24, 2.45) is 56.7 Å². The van der Waals surface area contributed by atoms with Crippen LogP contribution in [0.5, 0.6) is 0 Å². The number of hydrogen-bond acceptors (Lipinski definition) is 2. The number of fused-ring (bicyclic) bond motifs is 7. The quantitative estimate of drug-likeness (QED) is 0.284. The van der Waals surface area contributed by atoms with Gasteiger partial charge in [0.15, 0.2) is 0 Å². The monoisotopic (exact) mass is 468 g/mol. The molecule has 0 heterocycles. The highest BCUT2D eigenvalue weighted by molar-refractivity contribution is 5.66. The highest BCUT2D eigenvalue weighted by Crippen LogP contribution is 2.77. The maximum Gasteiger partial charge on any atom is 0.302 e. The van der Waals surface area contributed by atoms with Crippen molar-refractivity contribution < 1.29 is 9.53 Å². The number of ether oxygens (including phenoxy) is 1. The molecule has 0 N–H and O–H groups in total. The second-order valence-electron chi connectivity index (χ2n) is 15.3. The topological polar surface area (TPSA) is 26.3 Å². The van der Waals surface area contributed by atoms with E-state index < -0.39 is 0 Å². The van der Waals surface area contributed by atoms with Gasteiger partial charge in [0, 0.05) is 12.3 Å². The average molecular weight is 469 g/mol. The fraction of sp³-hybridized carbons (Fsp3) is 0.906. The molecule has 5 rings (SSSR count). The van der Waals surface area contributed by atoms with Gasteiger partial charge in [-0.1, -0.05) is 60.6 Å². The van der Waals surface area contributed by atoms with Crippen LogP contribution in [0.15, 0.2) is 12.2 Å². The third-order valence-corrected chi connectivity index (χ3v) is 13.8. The van der Waals surface area contributed by atoms with Gasteiger partial charge >= 0.3 is 5.97 Å². The second-order valence-corrected chi connectivity index (χ2v) is 15.3. The Labute approximate surface area is 210 Å². The van der Waals surface area contributed by atoms with Crippen LogP contribution in [-0.2, 0) is 9.53 Å². The van der Waals surface area contributed by atoms with Gasteiger partial charge < -0.3 is 4.74 Å². The molecule has 192 valence electrons. The van der Waals surface area contributed by atoms with Gasteiger partial charge in [-0.2, -0.15) is 0 Å². The summed E-state index contributed by atoms with van der Waals surface area (Å²) >= 11 is 0. The third-order valence-electron chi connectivity index (χ3n) is 13.8. The van der Waals surface area contributed by atoms with Crippen molar-refractivity contribution in [3.63, 3.8) is 0 Å². The summed E-state index contributed by atoms with van der Waals surface area (Å²) in [5.41, 5.74) is 3.28. The second kappa shape index (κ2) is 7.61. The smallest absolute Gasteiger partial charge is 0.302 e. The van der Waals surface area contributed by atoms with Crippen molar-refractivity contribution in [1.82, 2.24) is 0 Å². The Morgan fingerprint density at radius 3 is 2.24 bits per heavy atom. The summed E-state index contributed by atoms with van der Waals surface area (Å²) in [6.45, 7) is 24.2. The Morgan fingerprint density at radius 2 is 1.56 bits per heavy atom. The molecule has 0 spiro atoms. The molecule has 2 nitrogen and oxygen atoms in total. The number of carbonyl (C=O) groups is 1. The summed E-state index contributed by atoms with van der Waals surface area (Å²) in [7, 11) is 0. The van der Waals surface area contributed by atoms with Crippen LogP contribution in [0.3, 0.4) is 0 Å². The van der Waals surface area contributed by atoms with Crippen molar-refractivity contribution >= 4 is 5.97 Å². The Bertz CT molecular complexity index is 872. The van der Waals surface area contributed by atoms with Gasteiger partial charge in [0.05, 0.1) is 0 Å². The predicted molar refractivity (Wildman–Crippen MR) is 140 cm³/mol. The van der Waals surface area contributed by atoms with Crippen LogP contribution in [0.1, 0.15) is 120 Å². The Kier molecular flexibility index (Phi) is 5.57. The van der Waals surface area contributed by atoms with Gasteiger partial charge in [-0.25, -0.2) is 0 Å². The Hall–Kier alpha value is -0.790. The van der Waals surface area contributed by atoms with Crippen molar-refractivity contribution in [3.05, 3.63) is 12.2 Å².